The molecule has 1 aliphatic carbocycles. The van der Waals surface area contributed by atoms with E-state index in [4.69, 9.17) is 21.9 Å². The van der Waals surface area contributed by atoms with Gasteiger partial charge in [0.2, 0.25) is 11.1 Å². The molecule has 0 radical (unpaired) electrons. The first-order valence-electron chi connectivity index (χ1n) is 8.55. The van der Waals surface area contributed by atoms with E-state index in [9.17, 15) is 14.0 Å². The number of aromatic nitrogens is 2. The molecule has 26 heavy (non-hydrogen) atoms. The molecule has 9 heteroatoms. The van der Waals surface area contributed by atoms with Gasteiger partial charge in [0.05, 0.1) is 21.6 Å². The Morgan fingerprint density at radius 2 is 2.08 bits per heavy atom. The van der Waals surface area contributed by atoms with Crippen molar-refractivity contribution in [3.8, 4) is 0 Å². The topological polar surface area (TPSA) is 97.3 Å². The Labute approximate surface area is 151 Å². The van der Waals surface area contributed by atoms with Crippen LogP contribution in [0.1, 0.15) is 25.3 Å². The zero-order chi connectivity index (χ0) is 18.2. The summed E-state index contributed by atoms with van der Waals surface area (Å²) in [5, 5.41) is 2.35. The zero-order valence-electron chi connectivity index (χ0n) is 13.7. The van der Waals surface area contributed by atoms with Crippen molar-refractivity contribution in [3.05, 3.63) is 37.5 Å². The number of anilines is 1. The number of pyridine rings is 1. The van der Waals surface area contributed by atoms with Crippen LogP contribution in [-0.4, -0.2) is 28.9 Å². The molecule has 0 amide bonds. The van der Waals surface area contributed by atoms with Gasteiger partial charge in [-0.05, 0) is 25.3 Å². The number of H-pyrrole nitrogens is 1. The molecule has 7 nitrogen and oxygen atoms in total. The molecule has 2 aliphatic rings. The Kier molecular flexibility index (Phi) is 3.27. The van der Waals surface area contributed by atoms with E-state index >= 15 is 0 Å². The molecule has 1 aromatic carbocycles. The van der Waals surface area contributed by atoms with Crippen LogP contribution in [0.4, 0.5) is 10.1 Å². The van der Waals surface area contributed by atoms with E-state index in [-0.39, 0.29) is 39.3 Å². The normalized spacial score (nSPS) is 20.6. The third-order valence-electron chi connectivity index (χ3n) is 5.23. The summed E-state index contributed by atoms with van der Waals surface area (Å²) < 4.78 is 21.9. The number of nitrogens with two attached hydrogens (primary N) is 1. The van der Waals surface area contributed by atoms with Crippen molar-refractivity contribution in [3.63, 3.8) is 0 Å². The molecular weight excluding hydrogens is 363 g/mol. The fourth-order valence-electron chi connectivity index (χ4n) is 3.87. The van der Waals surface area contributed by atoms with E-state index in [0.717, 1.165) is 19.3 Å². The molecule has 1 unspecified atom stereocenters. The van der Waals surface area contributed by atoms with Gasteiger partial charge in [-0.15, -0.1) is 0 Å². The molecule has 3 N–H and O–H groups in total. The molecule has 1 aliphatic heterocycles. The van der Waals surface area contributed by atoms with Gasteiger partial charge >= 0.3 is 0 Å². The van der Waals surface area contributed by atoms with Crippen LogP contribution in [0.3, 0.4) is 0 Å². The molecule has 1 saturated heterocycles. The van der Waals surface area contributed by atoms with E-state index in [1.54, 1.807) is 9.47 Å². The molecule has 0 bridgehead atoms. The summed E-state index contributed by atoms with van der Waals surface area (Å²) in [6.45, 7) is 1.09. The lowest BCUT2D eigenvalue weighted by Crippen LogP contribution is -2.27. The highest BCUT2D eigenvalue weighted by atomic mass is 35.5. The van der Waals surface area contributed by atoms with E-state index < -0.39 is 16.8 Å². The van der Waals surface area contributed by atoms with Gasteiger partial charge in [0.1, 0.15) is 5.82 Å². The second-order valence-electron chi connectivity index (χ2n) is 7.06. The van der Waals surface area contributed by atoms with Gasteiger partial charge in [-0.25, -0.2) is 4.39 Å². The summed E-state index contributed by atoms with van der Waals surface area (Å²) in [6, 6.07) is 1.20. The molecule has 2 aromatic heterocycles. The first-order chi connectivity index (χ1) is 12.5. The highest BCUT2D eigenvalue weighted by Gasteiger charge is 2.33. The molecular formula is C17H16ClFN4O3. The molecule has 5 rings (SSSR count). The van der Waals surface area contributed by atoms with Gasteiger partial charge in [0, 0.05) is 25.2 Å². The highest BCUT2D eigenvalue weighted by Crippen LogP contribution is 2.43. The standard InChI is InChI=1S/C17H16ClFN4O3/c18-12-13-9(5-10(19)14(12)22-4-3-7(20)6-22)15(24)11-16(25)21-26-17(11)23(13)8-1-2-8/h5,7-8H,1-4,6,20H2,(H,21,25). The largest absolute Gasteiger partial charge is 0.366 e. The first kappa shape index (κ1) is 15.9. The van der Waals surface area contributed by atoms with E-state index in [0.29, 0.717) is 18.6 Å². The van der Waals surface area contributed by atoms with Crippen molar-refractivity contribution >= 4 is 39.3 Å². The minimum Gasteiger partial charge on any atom is -0.366 e. The van der Waals surface area contributed by atoms with Gasteiger partial charge in [0.25, 0.3) is 5.56 Å². The highest BCUT2D eigenvalue weighted by molar-refractivity contribution is 6.38. The molecule has 3 heterocycles. The van der Waals surface area contributed by atoms with Gasteiger partial charge in [-0.2, -0.15) is 5.16 Å². The second kappa shape index (κ2) is 5.34. The van der Waals surface area contributed by atoms with Crippen LogP contribution in [0.5, 0.6) is 0 Å². The molecule has 136 valence electrons. The maximum Gasteiger partial charge on any atom is 0.293 e. The second-order valence-corrected chi connectivity index (χ2v) is 7.43. The number of nitrogens with zero attached hydrogens (tertiary/aromatic N) is 2. The summed E-state index contributed by atoms with van der Waals surface area (Å²) in [7, 11) is 0. The third kappa shape index (κ3) is 2.09. The van der Waals surface area contributed by atoms with E-state index in [2.05, 4.69) is 5.16 Å². The predicted octanol–water partition coefficient (Wildman–Crippen LogP) is 2.10. The van der Waals surface area contributed by atoms with Crippen LogP contribution in [0.2, 0.25) is 5.02 Å². The fourth-order valence-corrected chi connectivity index (χ4v) is 4.27. The molecule has 1 saturated carbocycles. The quantitative estimate of drug-likeness (QED) is 0.711. The average molecular weight is 379 g/mol. The zero-order valence-corrected chi connectivity index (χ0v) is 14.5. The maximum absolute atomic E-state index is 14.9. The van der Waals surface area contributed by atoms with Crippen molar-refractivity contribution in [2.75, 3.05) is 18.0 Å². The van der Waals surface area contributed by atoms with Crippen LogP contribution in [0, 0.1) is 5.82 Å². The van der Waals surface area contributed by atoms with Crippen LogP contribution in [-0.2, 0) is 0 Å². The predicted molar refractivity (Wildman–Crippen MR) is 96.6 cm³/mol. The number of rotatable bonds is 2. The SMILES string of the molecule is NC1CCN(c2c(F)cc3c(=O)c4c(=O)[nH]oc4n(C4CC4)c3c2Cl)C1. The Morgan fingerprint density at radius 3 is 2.73 bits per heavy atom. The van der Waals surface area contributed by atoms with Crippen molar-refractivity contribution in [2.24, 2.45) is 5.73 Å². The molecule has 2 fully saturated rings. The lowest BCUT2D eigenvalue weighted by atomic mass is 10.1. The Morgan fingerprint density at radius 1 is 1.31 bits per heavy atom. The van der Waals surface area contributed by atoms with Gasteiger partial charge in [-0.3, -0.25) is 9.59 Å². The van der Waals surface area contributed by atoms with Crippen molar-refractivity contribution < 1.29 is 8.91 Å². The summed E-state index contributed by atoms with van der Waals surface area (Å²) >= 11 is 6.62. The molecule has 0 spiro atoms. The summed E-state index contributed by atoms with van der Waals surface area (Å²) in [4.78, 5) is 26.6. The summed E-state index contributed by atoms with van der Waals surface area (Å²) in [5.41, 5.74) is 5.57. The van der Waals surface area contributed by atoms with E-state index in [1.165, 1.54) is 6.07 Å². The van der Waals surface area contributed by atoms with Crippen LogP contribution < -0.4 is 21.6 Å². The van der Waals surface area contributed by atoms with Crippen molar-refractivity contribution in [2.45, 2.75) is 31.3 Å². The Balaban J connectivity index is 1.92. The van der Waals surface area contributed by atoms with Crippen molar-refractivity contribution in [1.82, 2.24) is 9.72 Å². The number of hydrogen-bond donors (Lipinski definition) is 2. The Hall–Kier alpha value is -2.32. The van der Waals surface area contributed by atoms with Gasteiger partial charge < -0.3 is 19.7 Å². The number of halogens is 2. The monoisotopic (exact) mass is 378 g/mol. The number of nitrogens with one attached hydrogen (secondary N) is 1. The number of fused-ring (bicyclic) bond motifs is 2. The van der Waals surface area contributed by atoms with Crippen LogP contribution in [0.25, 0.3) is 22.0 Å². The summed E-state index contributed by atoms with van der Waals surface area (Å²) in [6.07, 6.45) is 2.49. The van der Waals surface area contributed by atoms with Crippen LogP contribution >= 0.6 is 11.6 Å². The first-order valence-corrected chi connectivity index (χ1v) is 8.93. The lowest BCUT2D eigenvalue weighted by molar-refractivity contribution is 0.428. The lowest BCUT2D eigenvalue weighted by Gasteiger charge is -2.22. The Bertz CT molecular complexity index is 1180. The number of benzene rings is 1. The van der Waals surface area contributed by atoms with E-state index in [1.807, 2.05) is 0 Å². The third-order valence-corrected chi connectivity index (χ3v) is 5.59. The summed E-state index contributed by atoms with van der Waals surface area (Å²) in [5.74, 6) is -0.588. The minimum absolute atomic E-state index is 0.0445. The number of aromatic amines is 1. The maximum atomic E-state index is 14.9. The van der Waals surface area contributed by atoms with Crippen LogP contribution in [0.15, 0.2) is 20.2 Å². The van der Waals surface area contributed by atoms with Gasteiger partial charge in [-0.1, -0.05) is 11.6 Å². The smallest absolute Gasteiger partial charge is 0.293 e. The molecule has 3 aromatic rings. The fraction of sp³-hybridized carbons (Fsp3) is 0.412. The number of hydrogen-bond acceptors (Lipinski definition) is 5. The minimum atomic E-state index is -0.618. The van der Waals surface area contributed by atoms with Gasteiger partial charge in [0.15, 0.2) is 5.39 Å². The average Bonchev–Trinajstić information content (AvgIpc) is 3.23. The van der Waals surface area contributed by atoms with Crippen molar-refractivity contribution in [1.29, 1.82) is 0 Å². The molecule has 1 atom stereocenters.